The minimum atomic E-state index is -0.341. The lowest BCUT2D eigenvalue weighted by molar-refractivity contribution is 0.0685. The number of benzene rings is 2. The molecule has 2 heterocycles. The molecular formula is C22H18N2O2. The number of fused-ring (bicyclic) bond motifs is 1. The lowest BCUT2D eigenvalue weighted by Crippen LogP contribution is -2.29. The third kappa shape index (κ3) is 3.02. The van der Waals surface area contributed by atoms with Gasteiger partial charge < -0.3 is 4.90 Å². The number of rotatable bonds is 5. The van der Waals surface area contributed by atoms with Crippen molar-refractivity contribution in [3.8, 4) is 0 Å². The summed E-state index contributed by atoms with van der Waals surface area (Å²) in [5.74, 6) is -0.0530. The molecule has 128 valence electrons. The van der Waals surface area contributed by atoms with E-state index in [0.717, 1.165) is 5.56 Å². The van der Waals surface area contributed by atoms with Crippen molar-refractivity contribution in [1.29, 1.82) is 0 Å². The van der Waals surface area contributed by atoms with Gasteiger partial charge in [0.05, 0.1) is 17.3 Å². The predicted octanol–water partition coefficient (Wildman–Crippen LogP) is 4.05. The van der Waals surface area contributed by atoms with Crippen LogP contribution in [0.3, 0.4) is 0 Å². The molecule has 0 saturated carbocycles. The molecule has 4 nitrogen and oxygen atoms in total. The van der Waals surface area contributed by atoms with Crippen LogP contribution >= 0.6 is 0 Å². The molecule has 0 radical (unpaired) electrons. The van der Waals surface area contributed by atoms with Gasteiger partial charge in [-0.3, -0.25) is 14.6 Å². The van der Waals surface area contributed by atoms with Gasteiger partial charge in [-0.25, -0.2) is 0 Å². The number of amides is 1. The molecule has 0 aliphatic carbocycles. The van der Waals surface area contributed by atoms with Gasteiger partial charge in [0.2, 0.25) is 0 Å². The molecule has 1 aliphatic rings. The van der Waals surface area contributed by atoms with Crippen molar-refractivity contribution in [2.45, 2.75) is 19.0 Å². The minimum absolute atomic E-state index is 0.0139. The largest absolute Gasteiger partial charge is 0.325 e. The number of ketones is 1. The number of hydrogen-bond donors (Lipinski definition) is 0. The van der Waals surface area contributed by atoms with E-state index in [-0.39, 0.29) is 24.2 Å². The third-order valence-electron chi connectivity index (χ3n) is 4.69. The quantitative estimate of drug-likeness (QED) is 0.657. The van der Waals surface area contributed by atoms with Crippen LogP contribution < -0.4 is 0 Å². The van der Waals surface area contributed by atoms with E-state index in [2.05, 4.69) is 4.98 Å². The summed E-state index contributed by atoms with van der Waals surface area (Å²) in [6.07, 6.45) is 1.91. The van der Waals surface area contributed by atoms with Gasteiger partial charge in [0, 0.05) is 24.7 Å². The van der Waals surface area contributed by atoms with Gasteiger partial charge in [-0.15, -0.1) is 0 Å². The topological polar surface area (TPSA) is 50.3 Å². The molecule has 3 aromatic rings. The zero-order valence-electron chi connectivity index (χ0n) is 14.2. The summed E-state index contributed by atoms with van der Waals surface area (Å²) in [5, 5.41) is 0. The smallest absolute Gasteiger partial charge is 0.256 e. The lowest BCUT2D eigenvalue weighted by atomic mass is 10.0. The predicted molar refractivity (Wildman–Crippen MR) is 98.7 cm³/mol. The Kier molecular flexibility index (Phi) is 4.32. The average molecular weight is 342 g/mol. The molecule has 0 bridgehead atoms. The van der Waals surface area contributed by atoms with E-state index in [4.69, 9.17) is 0 Å². The van der Waals surface area contributed by atoms with Gasteiger partial charge in [-0.2, -0.15) is 0 Å². The van der Waals surface area contributed by atoms with Crippen molar-refractivity contribution in [2.75, 3.05) is 0 Å². The van der Waals surface area contributed by atoms with E-state index in [1.165, 1.54) is 0 Å². The summed E-state index contributed by atoms with van der Waals surface area (Å²) in [6.45, 7) is 0.461. The van der Waals surface area contributed by atoms with Gasteiger partial charge in [0.15, 0.2) is 5.78 Å². The van der Waals surface area contributed by atoms with Crippen LogP contribution in [0.4, 0.5) is 0 Å². The molecule has 0 N–H and O–H groups in total. The van der Waals surface area contributed by atoms with Gasteiger partial charge in [-0.05, 0) is 17.7 Å². The van der Waals surface area contributed by atoms with E-state index < -0.39 is 0 Å². The molecule has 1 atom stereocenters. The van der Waals surface area contributed by atoms with E-state index in [9.17, 15) is 9.59 Å². The Hall–Kier alpha value is -3.27. The van der Waals surface area contributed by atoms with Crippen LogP contribution in [-0.4, -0.2) is 21.6 Å². The average Bonchev–Trinajstić information content (AvgIpc) is 2.95. The Morgan fingerprint density at radius 1 is 0.923 bits per heavy atom. The standard InChI is InChI=1S/C22H18N2O2/c25-20(17-10-5-2-6-11-17)14-19-21-18(12-7-13-23-21)22(26)24(19)15-16-8-3-1-4-9-16/h1-13,19H,14-15H2. The molecule has 4 heteroatoms. The lowest BCUT2D eigenvalue weighted by Gasteiger charge is -2.24. The highest BCUT2D eigenvalue weighted by Gasteiger charge is 2.38. The van der Waals surface area contributed by atoms with Crippen molar-refractivity contribution in [2.24, 2.45) is 0 Å². The molecule has 2 aromatic carbocycles. The first-order chi connectivity index (χ1) is 12.7. The minimum Gasteiger partial charge on any atom is -0.325 e. The van der Waals surface area contributed by atoms with Gasteiger partial charge in [0.1, 0.15) is 0 Å². The summed E-state index contributed by atoms with van der Waals surface area (Å²) < 4.78 is 0. The first kappa shape index (κ1) is 16.2. The molecule has 26 heavy (non-hydrogen) atoms. The number of carbonyl (C=O) groups is 2. The summed E-state index contributed by atoms with van der Waals surface area (Å²) in [6, 6.07) is 22.2. The zero-order valence-corrected chi connectivity index (χ0v) is 14.2. The van der Waals surface area contributed by atoms with Gasteiger partial charge >= 0.3 is 0 Å². The fraction of sp³-hybridized carbons (Fsp3) is 0.136. The van der Waals surface area contributed by atoms with Crippen molar-refractivity contribution in [3.05, 3.63) is 101 Å². The second-order valence-electron chi connectivity index (χ2n) is 6.36. The van der Waals surface area contributed by atoms with Crippen molar-refractivity contribution in [1.82, 2.24) is 9.88 Å². The molecule has 0 spiro atoms. The normalized spacial score (nSPS) is 15.8. The molecule has 1 amide bonds. The maximum Gasteiger partial charge on any atom is 0.256 e. The monoisotopic (exact) mass is 342 g/mol. The molecule has 1 unspecified atom stereocenters. The van der Waals surface area contributed by atoms with Gasteiger partial charge in [-0.1, -0.05) is 60.7 Å². The second kappa shape index (κ2) is 6.92. The van der Waals surface area contributed by atoms with Crippen LogP contribution in [0.25, 0.3) is 0 Å². The fourth-order valence-electron chi connectivity index (χ4n) is 3.39. The maximum absolute atomic E-state index is 12.9. The fourth-order valence-corrected chi connectivity index (χ4v) is 3.39. The Morgan fingerprint density at radius 2 is 1.62 bits per heavy atom. The molecule has 4 rings (SSSR count). The van der Waals surface area contributed by atoms with Crippen LogP contribution in [-0.2, 0) is 6.54 Å². The Bertz CT molecular complexity index is 939. The SMILES string of the molecule is O=C(CC1c2ncccc2C(=O)N1Cc1ccccc1)c1ccccc1. The highest BCUT2D eigenvalue weighted by Crippen LogP contribution is 2.36. The van der Waals surface area contributed by atoms with E-state index >= 15 is 0 Å². The summed E-state index contributed by atoms with van der Waals surface area (Å²) >= 11 is 0. The van der Waals surface area contributed by atoms with Crippen molar-refractivity contribution >= 4 is 11.7 Å². The Balaban J connectivity index is 1.66. The van der Waals surface area contributed by atoms with E-state index in [1.54, 1.807) is 35.4 Å². The Labute approximate surface area is 152 Å². The zero-order chi connectivity index (χ0) is 17.9. The Morgan fingerprint density at radius 3 is 2.35 bits per heavy atom. The number of hydrogen-bond acceptors (Lipinski definition) is 3. The molecule has 1 aliphatic heterocycles. The second-order valence-corrected chi connectivity index (χ2v) is 6.36. The first-order valence-electron chi connectivity index (χ1n) is 8.62. The highest BCUT2D eigenvalue weighted by molar-refractivity contribution is 6.01. The van der Waals surface area contributed by atoms with Crippen LogP contribution in [0.1, 0.15) is 44.4 Å². The summed E-state index contributed by atoms with van der Waals surface area (Å²) in [7, 11) is 0. The molecule has 1 aromatic heterocycles. The highest BCUT2D eigenvalue weighted by atomic mass is 16.2. The van der Waals surface area contributed by atoms with Crippen LogP contribution in [0.5, 0.6) is 0 Å². The molecule has 0 saturated heterocycles. The van der Waals surface area contributed by atoms with Crippen LogP contribution in [0.15, 0.2) is 79.0 Å². The number of nitrogens with zero attached hydrogens (tertiary/aromatic N) is 2. The van der Waals surface area contributed by atoms with Crippen molar-refractivity contribution < 1.29 is 9.59 Å². The number of aromatic nitrogens is 1. The summed E-state index contributed by atoms with van der Waals surface area (Å²) in [4.78, 5) is 31.8. The number of pyridine rings is 1. The van der Waals surface area contributed by atoms with Crippen LogP contribution in [0, 0.1) is 0 Å². The summed E-state index contributed by atoms with van der Waals surface area (Å²) in [5.41, 5.74) is 2.97. The third-order valence-corrected chi connectivity index (χ3v) is 4.69. The molecule has 0 fully saturated rings. The van der Waals surface area contributed by atoms with Crippen molar-refractivity contribution in [3.63, 3.8) is 0 Å². The molecular weight excluding hydrogens is 324 g/mol. The van der Waals surface area contributed by atoms with Gasteiger partial charge in [0.25, 0.3) is 5.91 Å². The number of Topliss-reactive ketones (excluding diaryl/α,β-unsaturated/α-hetero) is 1. The van der Waals surface area contributed by atoms with E-state index in [1.807, 2.05) is 48.5 Å². The maximum atomic E-state index is 12.9. The van der Waals surface area contributed by atoms with Crippen LogP contribution in [0.2, 0.25) is 0 Å². The van der Waals surface area contributed by atoms with E-state index in [0.29, 0.717) is 23.4 Å². The number of carbonyl (C=O) groups excluding carboxylic acids is 2. The first-order valence-corrected chi connectivity index (χ1v) is 8.62.